The summed E-state index contributed by atoms with van der Waals surface area (Å²) in [5, 5.41) is 3.12. The van der Waals surface area contributed by atoms with Crippen LogP contribution in [0.4, 0.5) is 5.69 Å². The van der Waals surface area contributed by atoms with Crippen molar-refractivity contribution in [3.8, 4) is 0 Å². The summed E-state index contributed by atoms with van der Waals surface area (Å²) in [6, 6.07) is 8.67. The first kappa shape index (κ1) is 15.8. The fraction of sp³-hybridized carbons (Fsp3) is 0.500. The Morgan fingerprint density at radius 2 is 1.71 bits per heavy atom. The van der Waals surface area contributed by atoms with Crippen molar-refractivity contribution < 1.29 is 0 Å². The SMILES string of the molecule is C=C(C)CCCCc1ccc(NC)cc1.CC. The molecule has 1 N–H and O–H groups in total. The van der Waals surface area contributed by atoms with Gasteiger partial charge in [-0.3, -0.25) is 0 Å². The molecule has 0 aromatic heterocycles. The highest BCUT2D eigenvalue weighted by Crippen LogP contribution is 2.12. The lowest BCUT2D eigenvalue weighted by molar-refractivity contribution is 0.731. The van der Waals surface area contributed by atoms with Crippen LogP contribution in [0.25, 0.3) is 0 Å². The first-order valence-corrected chi connectivity index (χ1v) is 6.63. The molecule has 0 unspecified atom stereocenters. The maximum absolute atomic E-state index is 3.91. The van der Waals surface area contributed by atoms with Crippen LogP contribution >= 0.6 is 0 Å². The molecule has 1 heteroatoms. The van der Waals surface area contributed by atoms with Crippen molar-refractivity contribution in [1.82, 2.24) is 0 Å². The number of unbranched alkanes of at least 4 members (excludes halogenated alkanes) is 1. The summed E-state index contributed by atoms with van der Waals surface area (Å²) in [6.07, 6.45) is 4.85. The van der Waals surface area contributed by atoms with Crippen LogP contribution in [0, 0.1) is 0 Å². The van der Waals surface area contributed by atoms with Crippen molar-refractivity contribution in [1.29, 1.82) is 0 Å². The number of allylic oxidation sites excluding steroid dienone is 1. The van der Waals surface area contributed by atoms with Gasteiger partial charge in [0, 0.05) is 12.7 Å². The highest BCUT2D eigenvalue weighted by atomic mass is 14.8. The van der Waals surface area contributed by atoms with Gasteiger partial charge in [0.1, 0.15) is 0 Å². The van der Waals surface area contributed by atoms with E-state index in [-0.39, 0.29) is 0 Å². The van der Waals surface area contributed by atoms with E-state index in [1.807, 2.05) is 20.9 Å². The van der Waals surface area contributed by atoms with Gasteiger partial charge in [-0.2, -0.15) is 0 Å². The van der Waals surface area contributed by atoms with E-state index in [1.165, 1.54) is 36.1 Å². The second-order valence-electron chi connectivity index (χ2n) is 4.11. The van der Waals surface area contributed by atoms with E-state index >= 15 is 0 Å². The second kappa shape index (κ2) is 9.95. The minimum absolute atomic E-state index is 1.16. The molecule has 17 heavy (non-hydrogen) atoms. The molecule has 0 saturated carbocycles. The second-order valence-corrected chi connectivity index (χ2v) is 4.11. The summed E-state index contributed by atoms with van der Waals surface area (Å²) in [5.74, 6) is 0. The molecule has 1 aromatic rings. The summed E-state index contributed by atoms with van der Waals surface area (Å²) >= 11 is 0. The smallest absolute Gasteiger partial charge is 0.0337 e. The Kier molecular flexibility index (Phi) is 9.22. The zero-order valence-electron chi connectivity index (χ0n) is 11.8. The van der Waals surface area contributed by atoms with Crippen LogP contribution < -0.4 is 5.32 Å². The summed E-state index contributed by atoms with van der Waals surface area (Å²) < 4.78 is 0. The van der Waals surface area contributed by atoms with Crippen LogP contribution in [0.1, 0.15) is 45.6 Å². The maximum Gasteiger partial charge on any atom is 0.0337 e. The monoisotopic (exact) mass is 233 g/mol. The maximum atomic E-state index is 3.91. The molecule has 0 aliphatic rings. The van der Waals surface area contributed by atoms with Crippen LogP contribution in [-0.4, -0.2) is 7.05 Å². The van der Waals surface area contributed by atoms with E-state index in [2.05, 4.69) is 43.1 Å². The Morgan fingerprint density at radius 1 is 1.12 bits per heavy atom. The predicted molar refractivity (Wildman–Crippen MR) is 79.7 cm³/mol. The molecular formula is C16H27N. The Hall–Kier alpha value is -1.24. The molecule has 0 aliphatic heterocycles. The lowest BCUT2D eigenvalue weighted by Crippen LogP contribution is -1.89. The van der Waals surface area contributed by atoms with Gasteiger partial charge in [0.25, 0.3) is 0 Å². The highest BCUT2D eigenvalue weighted by Gasteiger charge is 1.94. The van der Waals surface area contributed by atoms with E-state index in [1.54, 1.807) is 0 Å². The van der Waals surface area contributed by atoms with Gasteiger partial charge in [-0.05, 0) is 50.3 Å². The number of hydrogen-bond acceptors (Lipinski definition) is 1. The molecule has 0 atom stereocenters. The molecule has 0 fully saturated rings. The van der Waals surface area contributed by atoms with Crippen molar-refractivity contribution in [2.45, 2.75) is 46.5 Å². The van der Waals surface area contributed by atoms with Crippen molar-refractivity contribution in [2.24, 2.45) is 0 Å². The Bertz CT molecular complexity index is 298. The van der Waals surface area contributed by atoms with Crippen LogP contribution in [0.2, 0.25) is 0 Å². The average molecular weight is 233 g/mol. The number of anilines is 1. The minimum Gasteiger partial charge on any atom is -0.388 e. The molecule has 1 rings (SSSR count). The van der Waals surface area contributed by atoms with Crippen LogP contribution in [0.15, 0.2) is 36.4 Å². The molecule has 0 heterocycles. The number of nitrogens with one attached hydrogen (secondary N) is 1. The molecule has 0 radical (unpaired) electrons. The predicted octanol–water partition coefficient (Wildman–Crippen LogP) is 5.04. The Labute approximate surface area is 107 Å². The normalized spacial score (nSPS) is 9.18. The quantitative estimate of drug-likeness (QED) is 0.536. The third-order valence-electron chi connectivity index (χ3n) is 2.56. The van der Waals surface area contributed by atoms with Gasteiger partial charge in [0.15, 0.2) is 0 Å². The van der Waals surface area contributed by atoms with Crippen molar-refractivity contribution in [3.63, 3.8) is 0 Å². The Balaban J connectivity index is 0.00000121. The number of rotatable bonds is 6. The lowest BCUT2D eigenvalue weighted by Gasteiger charge is -2.04. The fourth-order valence-electron chi connectivity index (χ4n) is 1.59. The standard InChI is InChI=1S/C14H21N.C2H6/c1-12(2)6-4-5-7-13-8-10-14(15-3)11-9-13;1-2/h8-11,15H,1,4-7H2,2-3H3;1-2H3. The zero-order chi connectivity index (χ0) is 13.1. The van der Waals surface area contributed by atoms with E-state index in [0.29, 0.717) is 0 Å². The Morgan fingerprint density at radius 3 is 2.18 bits per heavy atom. The molecular weight excluding hydrogens is 206 g/mol. The largest absolute Gasteiger partial charge is 0.388 e. The van der Waals surface area contributed by atoms with Gasteiger partial charge >= 0.3 is 0 Å². The molecule has 0 amide bonds. The fourth-order valence-corrected chi connectivity index (χ4v) is 1.59. The van der Waals surface area contributed by atoms with Crippen LogP contribution in [0.5, 0.6) is 0 Å². The van der Waals surface area contributed by atoms with E-state index in [4.69, 9.17) is 0 Å². The first-order valence-electron chi connectivity index (χ1n) is 6.63. The van der Waals surface area contributed by atoms with Crippen molar-refractivity contribution in [2.75, 3.05) is 12.4 Å². The number of hydrogen-bond donors (Lipinski definition) is 1. The highest BCUT2D eigenvalue weighted by molar-refractivity contribution is 5.43. The zero-order valence-corrected chi connectivity index (χ0v) is 11.8. The average Bonchev–Trinajstić information content (AvgIpc) is 2.37. The van der Waals surface area contributed by atoms with Gasteiger partial charge in [0.2, 0.25) is 0 Å². The summed E-state index contributed by atoms with van der Waals surface area (Å²) in [7, 11) is 1.95. The number of benzene rings is 1. The lowest BCUT2D eigenvalue weighted by atomic mass is 10.0. The van der Waals surface area contributed by atoms with Gasteiger partial charge in [0.05, 0.1) is 0 Å². The van der Waals surface area contributed by atoms with Gasteiger partial charge in [-0.15, -0.1) is 6.58 Å². The minimum atomic E-state index is 1.16. The first-order chi connectivity index (χ1) is 8.22. The van der Waals surface area contributed by atoms with E-state index in [0.717, 1.165) is 6.42 Å². The number of aryl methyl sites for hydroxylation is 1. The summed E-state index contributed by atoms with van der Waals surface area (Å²) in [6.45, 7) is 10.0. The van der Waals surface area contributed by atoms with Crippen LogP contribution in [0.3, 0.4) is 0 Å². The molecule has 96 valence electrons. The molecule has 0 saturated heterocycles. The summed E-state index contributed by atoms with van der Waals surface area (Å²) in [5.41, 5.74) is 3.90. The van der Waals surface area contributed by atoms with Crippen molar-refractivity contribution in [3.05, 3.63) is 42.0 Å². The van der Waals surface area contributed by atoms with E-state index < -0.39 is 0 Å². The molecule has 0 aliphatic carbocycles. The molecule has 0 spiro atoms. The third kappa shape index (κ3) is 7.62. The van der Waals surface area contributed by atoms with Gasteiger partial charge in [-0.1, -0.05) is 31.6 Å². The molecule has 1 aromatic carbocycles. The molecule has 0 bridgehead atoms. The van der Waals surface area contributed by atoms with Gasteiger partial charge < -0.3 is 5.32 Å². The molecule has 1 nitrogen and oxygen atoms in total. The van der Waals surface area contributed by atoms with Gasteiger partial charge in [-0.25, -0.2) is 0 Å². The summed E-state index contributed by atoms with van der Waals surface area (Å²) in [4.78, 5) is 0. The van der Waals surface area contributed by atoms with E-state index in [9.17, 15) is 0 Å². The van der Waals surface area contributed by atoms with Crippen molar-refractivity contribution >= 4 is 5.69 Å². The topological polar surface area (TPSA) is 12.0 Å². The third-order valence-corrected chi connectivity index (χ3v) is 2.56. The van der Waals surface area contributed by atoms with Crippen LogP contribution in [-0.2, 0) is 6.42 Å².